The van der Waals surface area contributed by atoms with Crippen LogP contribution < -0.4 is 10.6 Å². The molecule has 0 aliphatic carbocycles. The van der Waals surface area contributed by atoms with Gasteiger partial charge < -0.3 is 20.7 Å². The fraction of sp³-hybridized carbons (Fsp3) is 0.667. The van der Waals surface area contributed by atoms with Gasteiger partial charge in [0.2, 0.25) is 12.2 Å². The quantitative estimate of drug-likeness (QED) is 0.361. The third kappa shape index (κ3) is 4.87. The Labute approximate surface area is 104 Å². The molecule has 1 heterocycles. The first-order valence-corrected chi connectivity index (χ1v) is 5.64. The van der Waals surface area contributed by atoms with Gasteiger partial charge in [-0.25, -0.2) is 0 Å². The fourth-order valence-electron chi connectivity index (χ4n) is 1.24. The molecule has 9 heteroatoms. The van der Waals surface area contributed by atoms with Gasteiger partial charge in [-0.2, -0.15) is 4.68 Å². The Morgan fingerprint density at radius 2 is 2.28 bits per heavy atom. The highest BCUT2D eigenvalue weighted by Gasteiger charge is 2.14. The summed E-state index contributed by atoms with van der Waals surface area (Å²) < 4.78 is 1.13. The zero-order valence-corrected chi connectivity index (χ0v) is 10.1. The summed E-state index contributed by atoms with van der Waals surface area (Å²) in [4.78, 5) is 24.5. The highest BCUT2D eigenvalue weighted by Crippen LogP contribution is 1.98. The van der Waals surface area contributed by atoms with Crippen LogP contribution in [0.1, 0.15) is 13.3 Å². The predicted octanol–water partition coefficient (Wildman–Crippen LogP) is -0.698. The lowest BCUT2D eigenvalue weighted by molar-refractivity contribution is -0.394. The van der Waals surface area contributed by atoms with E-state index in [2.05, 4.69) is 27.6 Å². The first-order valence-electron chi connectivity index (χ1n) is 5.64. The molecular formula is C9H16N6O3. The minimum Gasteiger partial charge on any atom is -0.390 e. The Hall–Kier alpha value is -2.03. The van der Waals surface area contributed by atoms with E-state index in [0.29, 0.717) is 13.1 Å². The zero-order valence-electron chi connectivity index (χ0n) is 10.1. The van der Waals surface area contributed by atoms with Crippen LogP contribution in [0.25, 0.3) is 0 Å². The molecule has 1 rings (SSSR count). The molecule has 9 nitrogen and oxygen atoms in total. The molecule has 0 spiro atoms. The molecule has 100 valence electrons. The number of amides is 1. The molecule has 0 aliphatic rings. The lowest BCUT2D eigenvalue weighted by atomic mass is 10.4. The van der Waals surface area contributed by atoms with Crippen molar-refractivity contribution in [2.24, 2.45) is 0 Å². The van der Waals surface area contributed by atoms with Gasteiger partial charge in [0.1, 0.15) is 6.54 Å². The second-order valence-corrected chi connectivity index (χ2v) is 3.60. The molecule has 0 saturated carbocycles. The molecule has 0 fully saturated rings. The van der Waals surface area contributed by atoms with Crippen LogP contribution in [0, 0.1) is 10.1 Å². The van der Waals surface area contributed by atoms with E-state index < -0.39 is 10.9 Å². The second-order valence-electron chi connectivity index (χ2n) is 3.60. The summed E-state index contributed by atoms with van der Waals surface area (Å²) in [5.41, 5.74) is 0. The van der Waals surface area contributed by atoms with Crippen molar-refractivity contribution in [1.29, 1.82) is 0 Å². The summed E-state index contributed by atoms with van der Waals surface area (Å²) in [5, 5.41) is 19.7. The van der Waals surface area contributed by atoms with Crippen LogP contribution in [0.2, 0.25) is 0 Å². The number of hydrogen-bond acceptors (Lipinski definition) is 6. The standard InChI is InChI=1S/C9H16N6O3/c1-2-3-10-4-5-11-8(16)6-14-7-12-9(13-14)15(17)18/h7,10H,2-6H2,1H3,(H,11,16). The number of nitrogens with one attached hydrogen (secondary N) is 2. The lowest BCUT2D eigenvalue weighted by Crippen LogP contribution is -2.34. The molecule has 0 unspecified atom stereocenters. The molecule has 0 bridgehead atoms. The van der Waals surface area contributed by atoms with E-state index in [1.54, 1.807) is 0 Å². The van der Waals surface area contributed by atoms with Crippen molar-refractivity contribution in [3.63, 3.8) is 0 Å². The molecule has 0 aliphatic heterocycles. The summed E-state index contributed by atoms with van der Waals surface area (Å²) in [7, 11) is 0. The van der Waals surface area contributed by atoms with Crippen molar-refractivity contribution >= 4 is 11.9 Å². The van der Waals surface area contributed by atoms with Gasteiger partial charge in [0.25, 0.3) is 0 Å². The lowest BCUT2D eigenvalue weighted by Gasteiger charge is -2.04. The van der Waals surface area contributed by atoms with E-state index in [1.807, 2.05) is 0 Å². The Morgan fingerprint density at radius 3 is 2.89 bits per heavy atom. The number of nitro groups is 1. The SMILES string of the molecule is CCCNCCNC(=O)Cn1cnc([N+](=O)[O-])n1. The van der Waals surface area contributed by atoms with Gasteiger partial charge in [-0.3, -0.25) is 4.79 Å². The monoisotopic (exact) mass is 256 g/mol. The summed E-state index contributed by atoms with van der Waals surface area (Å²) in [5.74, 6) is -0.763. The number of carbonyl (C=O) groups excluding carboxylic acids is 1. The highest BCUT2D eigenvalue weighted by atomic mass is 16.6. The Kier molecular flexibility index (Phi) is 5.71. The van der Waals surface area contributed by atoms with E-state index >= 15 is 0 Å². The van der Waals surface area contributed by atoms with Crippen molar-refractivity contribution in [3.8, 4) is 0 Å². The minimum atomic E-state index is -0.705. The van der Waals surface area contributed by atoms with E-state index in [4.69, 9.17) is 0 Å². The van der Waals surface area contributed by atoms with Crippen molar-refractivity contribution in [2.45, 2.75) is 19.9 Å². The predicted molar refractivity (Wildman–Crippen MR) is 62.8 cm³/mol. The van der Waals surface area contributed by atoms with Crippen molar-refractivity contribution in [2.75, 3.05) is 19.6 Å². The van der Waals surface area contributed by atoms with Crippen molar-refractivity contribution in [3.05, 3.63) is 16.4 Å². The van der Waals surface area contributed by atoms with Gasteiger partial charge in [-0.1, -0.05) is 11.9 Å². The number of rotatable bonds is 8. The summed E-state index contributed by atoms with van der Waals surface area (Å²) in [6.07, 6.45) is 2.20. The van der Waals surface area contributed by atoms with E-state index in [1.165, 1.54) is 0 Å². The largest absolute Gasteiger partial charge is 0.490 e. The summed E-state index contributed by atoms with van der Waals surface area (Å²) in [6.45, 7) is 4.09. The van der Waals surface area contributed by atoms with Gasteiger partial charge in [0.15, 0.2) is 0 Å². The molecular weight excluding hydrogens is 240 g/mol. The zero-order chi connectivity index (χ0) is 13.4. The maximum Gasteiger partial charge on any atom is 0.490 e. The number of aromatic nitrogens is 3. The molecule has 0 atom stereocenters. The average molecular weight is 256 g/mol. The maximum absolute atomic E-state index is 11.4. The van der Waals surface area contributed by atoms with Crippen molar-refractivity contribution < 1.29 is 9.72 Å². The Balaban J connectivity index is 2.24. The molecule has 0 radical (unpaired) electrons. The van der Waals surface area contributed by atoms with Gasteiger partial charge in [-0.15, -0.1) is 0 Å². The van der Waals surface area contributed by atoms with Crippen LogP contribution in [-0.2, 0) is 11.3 Å². The summed E-state index contributed by atoms with van der Waals surface area (Å²) in [6, 6.07) is 0. The van der Waals surface area contributed by atoms with E-state index in [0.717, 1.165) is 24.0 Å². The van der Waals surface area contributed by atoms with E-state index in [-0.39, 0.29) is 12.5 Å². The number of nitrogens with zero attached hydrogens (tertiary/aromatic N) is 4. The van der Waals surface area contributed by atoms with Crippen LogP contribution in [-0.4, -0.2) is 45.2 Å². The number of hydrogen-bond donors (Lipinski definition) is 2. The third-order valence-corrected chi connectivity index (χ3v) is 2.04. The minimum absolute atomic E-state index is 0.0748. The van der Waals surface area contributed by atoms with Crippen LogP contribution in [0.4, 0.5) is 5.95 Å². The summed E-state index contributed by atoms with van der Waals surface area (Å²) >= 11 is 0. The molecule has 0 saturated heterocycles. The topological polar surface area (TPSA) is 115 Å². The molecule has 18 heavy (non-hydrogen) atoms. The Morgan fingerprint density at radius 1 is 1.50 bits per heavy atom. The highest BCUT2D eigenvalue weighted by molar-refractivity contribution is 5.75. The molecule has 2 N–H and O–H groups in total. The molecule has 1 aromatic heterocycles. The van der Waals surface area contributed by atoms with Crippen LogP contribution >= 0.6 is 0 Å². The second kappa shape index (κ2) is 7.33. The van der Waals surface area contributed by atoms with Crippen molar-refractivity contribution in [1.82, 2.24) is 25.4 Å². The Bertz CT molecular complexity index is 405. The number of carbonyl (C=O) groups is 1. The van der Waals surface area contributed by atoms with Gasteiger partial charge in [0.05, 0.1) is 0 Å². The first-order chi connectivity index (χ1) is 8.63. The maximum atomic E-state index is 11.4. The molecule has 0 aromatic carbocycles. The third-order valence-electron chi connectivity index (χ3n) is 2.04. The van der Waals surface area contributed by atoms with Gasteiger partial charge in [0, 0.05) is 18.2 Å². The average Bonchev–Trinajstić information content (AvgIpc) is 2.77. The normalized spacial score (nSPS) is 10.3. The van der Waals surface area contributed by atoms with Crippen LogP contribution in [0.3, 0.4) is 0 Å². The van der Waals surface area contributed by atoms with Crippen LogP contribution in [0.15, 0.2) is 6.33 Å². The molecule has 1 aromatic rings. The smallest absolute Gasteiger partial charge is 0.390 e. The van der Waals surface area contributed by atoms with Gasteiger partial charge in [-0.05, 0) is 17.9 Å². The van der Waals surface area contributed by atoms with E-state index in [9.17, 15) is 14.9 Å². The van der Waals surface area contributed by atoms with Gasteiger partial charge >= 0.3 is 5.95 Å². The fourth-order valence-corrected chi connectivity index (χ4v) is 1.24. The first kappa shape index (κ1) is 14.0. The molecule has 1 amide bonds. The van der Waals surface area contributed by atoms with Crippen LogP contribution in [0.5, 0.6) is 0 Å².